The van der Waals surface area contributed by atoms with Crippen LogP contribution in [0.15, 0.2) is 18.3 Å². The summed E-state index contributed by atoms with van der Waals surface area (Å²) < 4.78 is 18.6. The van der Waals surface area contributed by atoms with Crippen LogP contribution >= 0.6 is 0 Å². The van der Waals surface area contributed by atoms with Crippen LogP contribution in [0.4, 0.5) is 4.39 Å². The number of halogens is 1. The number of pyridine rings is 1. The first kappa shape index (κ1) is 12.3. The van der Waals surface area contributed by atoms with Crippen molar-refractivity contribution in [2.75, 3.05) is 6.54 Å². The van der Waals surface area contributed by atoms with E-state index in [4.69, 9.17) is 4.74 Å². The normalized spacial score (nSPS) is 21.1. The minimum absolute atomic E-state index is 0.149. The van der Waals surface area contributed by atoms with Crippen molar-refractivity contribution in [3.63, 3.8) is 0 Å². The molecule has 1 aliphatic rings. The molecule has 1 unspecified atom stereocenters. The van der Waals surface area contributed by atoms with Gasteiger partial charge in [0.15, 0.2) is 0 Å². The lowest BCUT2D eigenvalue weighted by Crippen LogP contribution is -2.53. The zero-order valence-corrected chi connectivity index (χ0v) is 10.3. The van der Waals surface area contributed by atoms with Crippen LogP contribution in [-0.4, -0.2) is 23.7 Å². The predicted molar refractivity (Wildman–Crippen MR) is 64.5 cm³/mol. The van der Waals surface area contributed by atoms with Crippen molar-refractivity contribution in [1.29, 1.82) is 0 Å². The van der Waals surface area contributed by atoms with Crippen LogP contribution in [0.3, 0.4) is 0 Å². The number of hydrogen-bond donors (Lipinski definition) is 1. The second-order valence-corrected chi connectivity index (χ2v) is 4.95. The van der Waals surface area contributed by atoms with Gasteiger partial charge in [-0.2, -0.15) is 4.39 Å². The summed E-state index contributed by atoms with van der Waals surface area (Å²) in [6, 6.07) is 3.38. The summed E-state index contributed by atoms with van der Waals surface area (Å²) in [5.41, 5.74) is 0. The smallest absolute Gasteiger partial charge is 0.213 e. The Labute approximate surface area is 101 Å². The number of ether oxygens (including phenoxy) is 1. The molecule has 1 aromatic rings. The van der Waals surface area contributed by atoms with E-state index >= 15 is 0 Å². The van der Waals surface area contributed by atoms with Crippen molar-refractivity contribution < 1.29 is 9.13 Å². The van der Waals surface area contributed by atoms with Crippen LogP contribution in [0.2, 0.25) is 0 Å². The van der Waals surface area contributed by atoms with Gasteiger partial charge in [-0.1, -0.05) is 13.8 Å². The minimum Gasteiger partial charge on any atom is -0.487 e. The summed E-state index contributed by atoms with van der Waals surface area (Å²) in [6.07, 6.45) is 3.73. The Hall–Kier alpha value is -1.16. The number of hydrogen-bond acceptors (Lipinski definition) is 3. The van der Waals surface area contributed by atoms with Crippen LogP contribution in [0.25, 0.3) is 0 Å². The van der Waals surface area contributed by atoms with E-state index in [1.807, 2.05) is 0 Å². The molecule has 0 saturated carbocycles. The third kappa shape index (κ3) is 3.40. The molecule has 2 heterocycles. The lowest BCUT2D eigenvalue weighted by Gasteiger charge is -2.36. The fraction of sp³-hybridized carbons (Fsp3) is 0.615. The highest BCUT2D eigenvalue weighted by molar-refractivity contribution is 5.17. The maximum atomic E-state index is 12.7. The average Bonchev–Trinajstić information content (AvgIpc) is 2.18. The van der Waals surface area contributed by atoms with Crippen molar-refractivity contribution in [3.05, 3.63) is 24.3 Å². The highest BCUT2D eigenvalue weighted by Crippen LogP contribution is 2.21. The topological polar surface area (TPSA) is 34.1 Å². The van der Waals surface area contributed by atoms with Crippen LogP contribution in [0.5, 0.6) is 5.75 Å². The quantitative estimate of drug-likeness (QED) is 0.800. The molecule has 4 heteroatoms. The Balaban J connectivity index is 1.98. The number of aromatic nitrogens is 1. The second kappa shape index (κ2) is 5.45. The number of nitrogens with zero attached hydrogens (tertiary/aromatic N) is 1. The molecule has 0 aromatic carbocycles. The largest absolute Gasteiger partial charge is 0.487 e. The Morgan fingerprint density at radius 1 is 1.53 bits per heavy atom. The molecular formula is C13H19FN2O. The second-order valence-electron chi connectivity index (χ2n) is 4.95. The van der Waals surface area contributed by atoms with E-state index in [1.165, 1.54) is 12.3 Å². The van der Waals surface area contributed by atoms with Gasteiger partial charge >= 0.3 is 0 Å². The molecule has 0 spiro atoms. The van der Waals surface area contributed by atoms with E-state index in [9.17, 15) is 4.39 Å². The highest BCUT2D eigenvalue weighted by Gasteiger charge is 2.28. The molecule has 0 aliphatic carbocycles. The van der Waals surface area contributed by atoms with Crippen molar-refractivity contribution in [2.24, 2.45) is 5.92 Å². The molecule has 1 aliphatic heterocycles. The van der Waals surface area contributed by atoms with Crippen molar-refractivity contribution in [2.45, 2.75) is 38.8 Å². The Kier molecular flexibility index (Phi) is 3.94. The van der Waals surface area contributed by atoms with Gasteiger partial charge in [-0.15, -0.1) is 0 Å². The van der Waals surface area contributed by atoms with Gasteiger partial charge in [0.2, 0.25) is 5.95 Å². The molecule has 3 nitrogen and oxygen atoms in total. The maximum absolute atomic E-state index is 12.7. The summed E-state index contributed by atoms with van der Waals surface area (Å²) in [5, 5.41) is 3.36. The molecule has 2 rings (SSSR count). The van der Waals surface area contributed by atoms with E-state index in [2.05, 4.69) is 24.1 Å². The van der Waals surface area contributed by atoms with Crippen molar-refractivity contribution in [1.82, 2.24) is 10.3 Å². The Bertz CT molecular complexity index is 349. The molecule has 2 atom stereocenters. The van der Waals surface area contributed by atoms with Gasteiger partial charge in [0.1, 0.15) is 11.9 Å². The highest BCUT2D eigenvalue weighted by atomic mass is 19.1. The summed E-state index contributed by atoms with van der Waals surface area (Å²) >= 11 is 0. The van der Waals surface area contributed by atoms with Gasteiger partial charge in [0, 0.05) is 6.04 Å². The third-order valence-corrected chi connectivity index (χ3v) is 3.00. The molecule has 1 N–H and O–H groups in total. The van der Waals surface area contributed by atoms with Gasteiger partial charge in [0.25, 0.3) is 0 Å². The molecule has 1 saturated heterocycles. The first-order valence-electron chi connectivity index (χ1n) is 6.16. The monoisotopic (exact) mass is 238 g/mol. The standard InChI is InChI=1S/C13H19FN2O/c1-9(2)7-12(11-5-6-15-11)17-10-3-4-13(14)16-8-10/h3-4,8-9,11-12,15H,5-7H2,1-2H3/t11-,12?/m1/s1. The van der Waals surface area contributed by atoms with E-state index in [0.29, 0.717) is 17.7 Å². The first-order chi connectivity index (χ1) is 8.15. The molecule has 0 bridgehead atoms. The minimum atomic E-state index is -0.473. The molecule has 1 aromatic heterocycles. The number of rotatable bonds is 5. The lowest BCUT2D eigenvalue weighted by atomic mass is 9.93. The summed E-state index contributed by atoms with van der Waals surface area (Å²) in [6.45, 7) is 5.42. The molecular weight excluding hydrogens is 219 g/mol. The van der Waals surface area contributed by atoms with Crippen LogP contribution < -0.4 is 10.1 Å². The molecule has 1 fully saturated rings. The SMILES string of the molecule is CC(C)CC(Oc1ccc(F)nc1)[C@H]1CCN1. The first-order valence-corrected chi connectivity index (χ1v) is 6.16. The molecule has 0 amide bonds. The van der Waals surface area contributed by atoms with Crippen molar-refractivity contribution in [3.8, 4) is 5.75 Å². The fourth-order valence-corrected chi connectivity index (χ4v) is 1.99. The van der Waals surface area contributed by atoms with Gasteiger partial charge in [-0.3, -0.25) is 0 Å². The summed E-state index contributed by atoms with van der Waals surface area (Å²) in [7, 11) is 0. The van der Waals surface area contributed by atoms with Gasteiger partial charge in [0.05, 0.1) is 6.20 Å². The van der Waals surface area contributed by atoms with E-state index in [0.717, 1.165) is 19.4 Å². The predicted octanol–water partition coefficient (Wildman–Crippen LogP) is 2.38. The van der Waals surface area contributed by atoms with Gasteiger partial charge in [-0.25, -0.2) is 4.98 Å². The maximum Gasteiger partial charge on any atom is 0.213 e. The zero-order chi connectivity index (χ0) is 12.3. The summed E-state index contributed by atoms with van der Waals surface area (Å²) in [4.78, 5) is 3.60. The summed E-state index contributed by atoms with van der Waals surface area (Å²) in [5.74, 6) is 0.751. The average molecular weight is 238 g/mol. The van der Waals surface area contributed by atoms with E-state index < -0.39 is 5.95 Å². The lowest BCUT2D eigenvalue weighted by molar-refractivity contribution is 0.0979. The third-order valence-electron chi connectivity index (χ3n) is 3.00. The van der Waals surface area contributed by atoms with E-state index in [1.54, 1.807) is 6.07 Å². The van der Waals surface area contributed by atoms with Gasteiger partial charge < -0.3 is 10.1 Å². The zero-order valence-electron chi connectivity index (χ0n) is 10.3. The molecule has 94 valence electrons. The Morgan fingerprint density at radius 3 is 2.76 bits per heavy atom. The van der Waals surface area contributed by atoms with Crippen LogP contribution in [0, 0.1) is 11.9 Å². The molecule has 0 radical (unpaired) electrons. The number of nitrogens with one attached hydrogen (secondary N) is 1. The van der Waals surface area contributed by atoms with Crippen LogP contribution in [-0.2, 0) is 0 Å². The van der Waals surface area contributed by atoms with Crippen LogP contribution in [0.1, 0.15) is 26.7 Å². The molecule has 17 heavy (non-hydrogen) atoms. The van der Waals surface area contributed by atoms with E-state index in [-0.39, 0.29) is 6.10 Å². The Morgan fingerprint density at radius 2 is 2.29 bits per heavy atom. The van der Waals surface area contributed by atoms with Gasteiger partial charge in [-0.05, 0) is 37.4 Å². The fourth-order valence-electron chi connectivity index (χ4n) is 1.99. The van der Waals surface area contributed by atoms with Crippen molar-refractivity contribution >= 4 is 0 Å².